The maximum atomic E-state index is 13.9. The lowest BCUT2D eigenvalue weighted by Gasteiger charge is -2.37. The van der Waals surface area contributed by atoms with Crippen molar-refractivity contribution in [1.29, 1.82) is 0 Å². The van der Waals surface area contributed by atoms with Gasteiger partial charge in [0.15, 0.2) is 0 Å². The van der Waals surface area contributed by atoms with Crippen molar-refractivity contribution < 1.29 is 23.9 Å². The van der Waals surface area contributed by atoms with Crippen LogP contribution in [0.5, 0.6) is 0 Å². The minimum Gasteiger partial charge on any atom is -0.480 e. The summed E-state index contributed by atoms with van der Waals surface area (Å²) in [4.78, 5) is 36.9. The number of carboxylic acid groups (broad SMARTS) is 1. The monoisotopic (exact) mass is 356 g/mol. The molecule has 0 spiro atoms. The third-order valence-electron chi connectivity index (χ3n) is 4.19. The van der Waals surface area contributed by atoms with E-state index in [0.29, 0.717) is 6.42 Å². The van der Waals surface area contributed by atoms with Crippen molar-refractivity contribution in [1.82, 2.24) is 10.2 Å². The SMILES string of the molecule is CNC(=O)[C@H]1CC[C@@H](C(=O)O)N(C(=O)Cc2c(F)cccc2Cl)C1. The first-order chi connectivity index (χ1) is 11.3. The van der Waals surface area contributed by atoms with E-state index in [-0.39, 0.29) is 35.9 Å². The third kappa shape index (κ3) is 3.84. The molecular weight excluding hydrogens is 339 g/mol. The Morgan fingerprint density at radius 2 is 2.08 bits per heavy atom. The number of piperidine rings is 1. The van der Waals surface area contributed by atoms with Crippen molar-refractivity contribution in [3.63, 3.8) is 0 Å². The molecule has 8 heteroatoms. The molecule has 0 aliphatic carbocycles. The van der Waals surface area contributed by atoms with Gasteiger partial charge in [0, 0.05) is 24.2 Å². The molecule has 0 aromatic heterocycles. The molecule has 1 fully saturated rings. The molecule has 1 aromatic carbocycles. The zero-order valence-electron chi connectivity index (χ0n) is 13.1. The lowest BCUT2D eigenvalue weighted by Crippen LogP contribution is -2.53. The number of rotatable bonds is 4. The Morgan fingerprint density at radius 3 is 2.67 bits per heavy atom. The minimum absolute atomic E-state index is 0.0124. The molecule has 1 aliphatic heterocycles. The molecule has 0 unspecified atom stereocenters. The number of carbonyl (C=O) groups excluding carboxylic acids is 2. The predicted molar refractivity (Wildman–Crippen MR) is 85.0 cm³/mol. The van der Waals surface area contributed by atoms with Gasteiger partial charge < -0.3 is 15.3 Å². The van der Waals surface area contributed by atoms with Crippen LogP contribution in [-0.4, -0.2) is 47.4 Å². The summed E-state index contributed by atoms with van der Waals surface area (Å²) in [5, 5.41) is 11.9. The van der Waals surface area contributed by atoms with Gasteiger partial charge in [0.1, 0.15) is 11.9 Å². The van der Waals surface area contributed by atoms with E-state index in [2.05, 4.69) is 5.32 Å². The lowest BCUT2D eigenvalue weighted by molar-refractivity contribution is -0.154. The van der Waals surface area contributed by atoms with Crippen molar-refractivity contribution >= 4 is 29.4 Å². The largest absolute Gasteiger partial charge is 0.480 e. The Bertz CT molecular complexity index is 647. The molecule has 2 atom stereocenters. The van der Waals surface area contributed by atoms with Crippen LogP contribution in [0.2, 0.25) is 5.02 Å². The van der Waals surface area contributed by atoms with Crippen LogP contribution in [0.1, 0.15) is 18.4 Å². The average molecular weight is 357 g/mol. The molecule has 0 radical (unpaired) electrons. The van der Waals surface area contributed by atoms with E-state index in [9.17, 15) is 23.9 Å². The molecule has 1 saturated heterocycles. The summed E-state index contributed by atoms with van der Waals surface area (Å²) in [5.41, 5.74) is 0.0235. The second-order valence-corrected chi connectivity index (χ2v) is 6.07. The van der Waals surface area contributed by atoms with Gasteiger partial charge in [-0.25, -0.2) is 9.18 Å². The summed E-state index contributed by atoms with van der Waals surface area (Å²) >= 11 is 5.92. The highest BCUT2D eigenvalue weighted by atomic mass is 35.5. The highest BCUT2D eigenvalue weighted by Gasteiger charge is 2.38. The molecule has 2 rings (SSSR count). The number of likely N-dealkylation sites (tertiary alicyclic amines) is 1. The maximum absolute atomic E-state index is 13.9. The first-order valence-electron chi connectivity index (χ1n) is 7.52. The second-order valence-electron chi connectivity index (χ2n) is 5.67. The fourth-order valence-corrected chi connectivity index (χ4v) is 3.11. The molecule has 0 bridgehead atoms. The Morgan fingerprint density at radius 1 is 1.38 bits per heavy atom. The Kier molecular flexibility index (Phi) is 5.77. The number of benzene rings is 1. The van der Waals surface area contributed by atoms with E-state index < -0.39 is 29.7 Å². The van der Waals surface area contributed by atoms with Gasteiger partial charge in [-0.15, -0.1) is 0 Å². The van der Waals surface area contributed by atoms with Gasteiger partial charge in [0.2, 0.25) is 11.8 Å². The number of hydrogen-bond acceptors (Lipinski definition) is 3. The first-order valence-corrected chi connectivity index (χ1v) is 7.89. The Labute approximate surface area is 143 Å². The van der Waals surface area contributed by atoms with Crippen LogP contribution in [0.4, 0.5) is 4.39 Å². The summed E-state index contributed by atoms with van der Waals surface area (Å²) in [6.07, 6.45) is 0.195. The van der Waals surface area contributed by atoms with E-state index >= 15 is 0 Å². The van der Waals surface area contributed by atoms with E-state index in [4.69, 9.17) is 11.6 Å². The summed E-state index contributed by atoms with van der Waals surface area (Å²) in [7, 11) is 1.48. The average Bonchev–Trinajstić information content (AvgIpc) is 2.56. The number of carbonyl (C=O) groups is 3. The molecule has 2 amide bonds. The first kappa shape index (κ1) is 18.2. The number of nitrogens with one attached hydrogen (secondary N) is 1. The molecular formula is C16H18ClFN2O4. The topological polar surface area (TPSA) is 86.7 Å². The summed E-state index contributed by atoms with van der Waals surface area (Å²) in [6, 6.07) is 3.05. The smallest absolute Gasteiger partial charge is 0.326 e. The van der Waals surface area contributed by atoms with Crippen molar-refractivity contribution in [2.45, 2.75) is 25.3 Å². The Balaban J connectivity index is 2.22. The molecule has 1 aromatic rings. The van der Waals surface area contributed by atoms with Crippen LogP contribution in [0.25, 0.3) is 0 Å². The molecule has 24 heavy (non-hydrogen) atoms. The third-order valence-corrected chi connectivity index (χ3v) is 4.55. The predicted octanol–water partition coefficient (Wildman–Crippen LogP) is 1.46. The molecule has 6 nitrogen and oxygen atoms in total. The van der Waals surface area contributed by atoms with Crippen LogP contribution in [-0.2, 0) is 20.8 Å². The van der Waals surface area contributed by atoms with Gasteiger partial charge >= 0.3 is 5.97 Å². The van der Waals surface area contributed by atoms with Gasteiger partial charge in [0.05, 0.1) is 12.3 Å². The zero-order chi connectivity index (χ0) is 17.9. The Hall–Kier alpha value is -2.15. The van der Waals surface area contributed by atoms with Gasteiger partial charge in [-0.2, -0.15) is 0 Å². The minimum atomic E-state index is -1.14. The number of halogens is 2. The van der Waals surface area contributed by atoms with Crippen molar-refractivity contribution in [3.8, 4) is 0 Å². The standard InChI is InChI=1S/C16H18ClFN2O4/c1-19-15(22)9-5-6-13(16(23)24)20(8-9)14(21)7-10-11(17)3-2-4-12(10)18/h2-4,9,13H,5-8H2,1H3,(H,19,22)(H,23,24)/t9-,13-/m0/s1. The maximum Gasteiger partial charge on any atom is 0.326 e. The molecule has 1 heterocycles. The van der Waals surface area contributed by atoms with Crippen molar-refractivity contribution in [2.24, 2.45) is 5.92 Å². The van der Waals surface area contributed by atoms with Crippen LogP contribution in [0.15, 0.2) is 18.2 Å². The van der Waals surface area contributed by atoms with Gasteiger partial charge in [-0.05, 0) is 25.0 Å². The fourth-order valence-electron chi connectivity index (χ4n) is 2.88. The highest BCUT2D eigenvalue weighted by Crippen LogP contribution is 2.25. The van der Waals surface area contributed by atoms with Gasteiger partial charge in [-0.1, -0.05) is 17.7 Å². The number of carboxylic acids is 1. The molecule has 0 saturated carbocycles. The van der Waals surface area contributed by atoms with E-state index in [1.807, 2.05) is 0 Å². The number of amides is 2. The number of aliphatic carboxylic acids is 1. The highest BCUT2D eigenvalue weighted by molar-refractivity contribution is 6.31. The summed E-state index contributed by atoms with van der Waals surface area (Å²) in [6.45, 7) is -0.0124. The van der Waals surface area contributed by atoms with Crippen LogP contribution >= 0.6 is 11.6 Å². The van der Waals surface area contributed by atoms with E-state index in [1.54, 1.807) is 0 Å². The second kappa shape index (κ2) is 7.61. The summed E-state index contributed by atoms with van der Waals surface area (Å²) < 4.78 is 13.9. The number of hydrogen-bond donors (Lipinski definition) is 2. The fraction of sp³-hybridized carbons (Fsp3) is 0.438. The number of nitrogens with zero attached hydrogens (tertiary/aromatic N) is 1. The van der Waals surface area contributed by atoms with Crippen molar-refractivity contribution in [3.05, 3.63) is 34.6 Å². The molecule has 130 valence electrons. The zero-order valence-corrected chi connectivity index (χ0v) is 13.8. The van der Waals surface area contributed by atoms with Crippen LogP contribution in [0.3, 0.4) is 0 Å². The van der Waals surface area contributed by atoms with Crippen LogP contribution in [0, 0.1) is 11.7 Å². The lowest BCUT2D eigenvalue weighted by atomic mass is 9.91. The van der Waals surface area contributed by atoms with Gasteiger partial charge in [-0.3, -0.25) is 9.59 Å². The summed E-state index contributed by atoms with van der Waals surface area (Å²) in [5.74, 6) is -3.06. The van der Waals surface area contributed by atoms with Gasteiger partial charge in [0.25, 0.3) is 0 Å². The quantitative estimate of drug-likeness (QED) is 0.855. The van der Waals surface area contributed by atoms with E-state index in [0.717, 1.165) is 4.90 Å². The normalized spacial score (nSPS) is 20.5. The van der Waals surface area contributed by atoms with Crippen molar-refractivity contribution in [2.75, 3.05) is 13.6 Å². The molecule has 2 N–H and O–H groups in total. The van der Waals surface area contributed by atoms with Crippen LogP contribution < -0.4 is 5.32 Å². The molecule has 1 aliphatic rings. The van der Waals surface area contributed by atoms with E-state index in [1.165, 1.54) is 25.2 Å².